The number of anilines is 1. The van der Waals surface area contributed by atoms with Crippen molar-refractivity contribution < 1.29 is 40.2 Å². The fourth-order valence-corrected chi connectivity index (χ4v) is 2.94. The van der Waals surface area contributed by atoms with Crippen LogP contribution in [0, 0.1) is 34.6 Å². The van der Waals surface area contributed by atoms with Crippen molar-refractivity contribution in [2.75, 3.05) is 12.5 Å². The van der Waals surface area contributed by atoms with Crippen LogP contribution in [0.2, 0.25) is 0 Å². The van der Waals surface area contributed by atoms with Gasteiger partial charge >= 0.3 is 6.18 Å². The zero-order valence-corrected chi connectivity index (χ0v) is 17.7. The second-order valence-corrected chi connectivity index (χ2v) is 6.84. The van der Waals surface area contributed by atoms with Crippen molar-refractivity contribution in [3.05, 3.63) is 88.0 Å². The van der Waals surface area contributed by atoms with Gasteiger partial charge < -0.3 is 9.47 Å². The molecule has 5 nitrogen and oxygen atoms in total. The summed E-state index contributed by atoms with van der Waals surface area (Å²) in [5.41, 5.74) is -1.21. The minimum Gasteiger partial charge on any atom is -0.493 e. The van der Waals surface area contributed by atoms with E-state index in [2.05, 4.69) is 5.10 Å². The van der Waals surface area contributed by atoms with Gasteiger partial charge in [0.25, 0.3) is 0 Å². The highest BCUT2D eigenvalue weighted by Crippen LogP contribution is 2.38. The summed E-state index contributed by atoms with van der Waals surface area (Å²) < 4.78 is 104. The molecule has 12 heteroatoms. The van der Waals surface area contributed by atoms with Crippen LogP contribution in [0.3, 0.4) is 0 Å². The molecule has 3 aromatic rings. The topological polar surface area (TPSA) is 66.6 Å². The summed E-state index contributed by atoms with van der Waals surface area (Å²) in [6.07, 6.45) is -4.67. The first-order valence-corrected chi connectivity index (χ1v) is 9.59. The number of halogens is 7. The summed E-state index contributed by atoms with van der Waals surface area (Å²) in [4.78, 5) is 0. The molecule has 0 atom stereocenters. The number of ether oxygens (including phenoxy) is 2. The average Bonchev–Trinajstić information content (AvgIpc) is 2.83. The first kappa shape index (κ1) is 25.4. The van der Waals surface area contributed by atoms with Crippen molar-refractivity contribution in [1.82, 2.24) is 0 Å². The lowest BCUT2D eigenvalue weighted by Crippen LogP contribution is -2.16. The molecule has 0 heterocycles. The molecule has 0 saturated carbocycles. The van der Waals surface area contributed by atoms with Crippen LogP contribution in [0.4, 0.5) is 36.4 Å². The standard InChI is InChI=1S/C23H14F7N3O2/c1-34-16-8-12(6-7-15(16)35-11-14-5-3-2-4-13(14)9-31)10-32-33-22-20(26)18(24)17(23(28,29)30)19(25)21(22)27/h2-8,10,33H,11H2,1H3. The molecular formula is C23H14F7N3O2. The molecule has 0 aliphatic heterocycles. The summed E-state index contributed by atoms with van der Waals surface area (Å²) >= 11 is 0. The molecule has 0 spiro atoms. The normalized spacial score (nSPS) is 11.4. The van der Waals surface area contributed by atoms with Gasteiger partial charge in [-0.3, -0.25) is 5.43 Å². The zero-order valence-electron chi connectivity index (χ0n) is 17.7. The lowest BCUT2D eigenvalue weighted by Gasteiger charge is -2.13. The van der Waals surface area contributed by atoms with Gasteiger partial charge in [0.15, 0.2) is 34.8 Å². The monoisotopic (exact) mass is 497 g/mol. The highest BCUT2D eigenvalue weighted by molar-refractivity contribution is 5.81. The molecule has 1 N–H and O–H groups in total. The van der Waals surface area contributed by atoms with Crippen LogP contribution in [0.25, 0.3) is 0 Å². The largest absolute Gasteiger partial charge is 0.493 e. The molecular weight excluding hydrogens is 483 g/mol. The number of rotatable bonds is 7. The number of nitrogens with one attached hydrogen (secondary N) is 1. The molecule has 182 valence electrons. The van der Waals surface area contributed by atoms with Crippen LogP contribution >= 0.6 is 0 Å². The van der Waals surface area contributed by atoms with E-state index >= 15 is 0 Å². The van der Waals surface area contributed by atoms with Crippen LogP contribution in [-0.4, -0.2) is 13.3 Å². The Morgan fingerprint density at radius 1 is 0.971 bits per heavy atom. The van der Waals surface area contributed by atoms with Crippen LogP contribution in [-0.2, 0) is 12.8 Å². The molecule has 3 rings (SSSR count). The lowest BCUT2D eigenvalue weighted by atomic mass is 10.1. The number of hydrogen-bond acceptors (Lipinski definition) is 5. The van der Waals surface area contributed by atoms with E-state index in [4.69, 9.17) is 14.7 Å². The predicted octanol–water partition coefficient (Wildman–Crippen LogP) is 6.17. The van der Waals surface area contributed by atoms with Crippen molar-refractivity contribution in [2.45, 2.75) is 12.8 Å². The molecule has 0 bridgehead atoms. The summed E-state index contributed by atoms with van der Waals surface area (Å²) in [7, 11) is 1.34. The zero-order chi connectivity index (χ0) is 25.8. The number of benzene rings is 3. The van der Waals surface area contributed by atoms with Crippen molar-refractivity contribution in [2.24, 2.45) is 5.10 Å². The number of nitriles is 1. The molecule has 0 fully saturated rings. The van der Waals surface area contributed by atoms with E-state index in [1.807, 2.05) is 6.07 Å². The van der Waals surface area contributed by atoms with Gasteiger partial charge in [0, 0.05) is 5.56 Å². The maximum atomic E-state index is 13.9. The first-order valence-electron chi connectivity index (χ1n) is 9.59. The van der Waals surface area contributed by atoms with Gasteiger partial charge in [-0.1, -0.05) is 18.2 Å². The summed E-state index contributed by atoms with van der Waals surface area (Å²) in [5, 5.41) is 12.6. The third-order valence-electron chi connectivity index (χ3n) is 4.65. The van der Waals surface area contributed by atoms with Crippen LogP contribution < -0.4 is 14.9 Å². The molecule has 0 saturated heterocycles. The van der Waals surface area contributed by atoms with E-state index in [1.165, 1.54) is 25.3 Å². The lowest BCUT2D eigenvalue weighted by molar-refractivity contribution is -0.143. The molecule has 0 aromatic heterocycles. The molecule has 0 aliphatic carbocycles. The number of nitrogens with zero attached hydrogens (tertiary/aromatic N) is 2. The quantitative estimate of drug-likeness (QED) is 0.184. The molecule has 3 aromatic carbocycles. The minimum atomic E-state index is -5.64. The van der Waals surface area contributed by atoms with E-state index in [0.29, 0.717) is 11.1 Å². The summed E-state index contributed by atoms with van der Waals surface area (Å²) in [6, 6.07) is 13.1. The predicted molar refractivity (Wildman–Crippen MR) is 111 cm³/mol. The second-order valence-electron chi connectivity index (χ2n) is 6.84. The SMILES string of the molecule is COc1cc(C=NNc2c(F)c(F)c(C(F)(F)F)c(F)c2F)ccc1OCc1ccccc1C#N. The van der Waals surface area contributed by atoms with Crippen molar-refractivity contribution in [3.8, 4) is 17.6 Å². The van der Waals surface area contributed by atoms with Gasteiger partial charge in [-0.25, -0.2) is 17.6 Å². The Bertz CT molecular complexity index is 1290. The fraction of sp³-hybridized carbons (Fsp3) is 0.130. The van der Waals surface area contributed by atoms with Gasteiger partial charge in [0.05, 0.1) is 25.0 Å². The Labute approximate surface area is 194 Å². The minimum absolute atomic E-state index is 0.0543. The van der Waals surface area contributed by atoms with Crippen molar-refractivity contribution >= 4 is 11.9 Å². The van der Waals surface area contributed by atoms with Gasteiger partial charge in [-0.15, -0.1) is 0 Å². The fourth-order valence-electron chi connectivity index (χ4n) is 2.94. The highest BCUT2D eigenvalue weighted by Gasteiger charge is 2.42. The molecule has 0 radical (unpaired) electrons. The Hall–Kier alpha value is -4.27. The average molecular weight is 497 g/mol. The Balaban J connectivity index is 1.79. The van der Waals surface area contributed by atoms with Gasteiger partial charge in [-0.05, 0) is 29.8 Å². The van der Waals surface area contributed by atoms with Gasteiger partial charge in [0.1, 0.15) is 17.9 Å². The molecule has 0 aliphatic rings. The smallest absolute Gasteiger partial charge is 0.422 e. The highest BCUT2D eigenvalue weighted by atomic mass is 19.4. The van der Waals surface area contributed by atoms with Crippen LogP contribution in [0.1, 0.15) is 22.3 Å². The maximum Gasteiger partial charge on any atom is 0.422 e. The van der Waals surface area contributed by atoms with E-state index in [1.54, 1.807) is 29.7 Å². The number of alkyl halides is 3. The van der Waals surface area contributed by atoms with Gasteiger partial charge in [0.2, 0.25) is 0 Å². The third-order valence-corrected chi connectivity index (χ3v) is 4.65. The third kappa shape index (κ3) is 5.46. The first-order chi connectivity index (χ1) is 16.6. The van der Waals surface area contributed by atoms with Gasteiger partial charge in [-0.2, -0.15) is 23.5 Å². The van der Waals surface area contributed by atoms with E-state index in [0.717, 1.165) is 6.21 Å². The number of methoxy groups -OCH3 is 1. The van der Waals surface area contributed by atoms with Crippen molar-refractivity contribution in [3.63, 3.8) is 0 Å². The summed E-state index contributed by atoms with van der Waals surface area (Å²) in [6.45, 7) is 0.0543. The molecule has 35 heavy (non-hydrogen) atoms. The molecule has 0 amide bonds. The van der Waals surface area contributed by atoms with E-state index in [-0.39, 0.29) is 23.7 Å². The second kappa shape index (κ2) is 10.3. The summed E-state index contributed by atoms with van der Waals surface area (Å²) in [5.74, 6) is -9.27. The van der Waals surface area contributed by atoms with Crippen LogP contribution in [0.15, 0.2) is 47.6 Å². The van der Waals surface area contributed by atoms with E-state index < -0.39 is 40.7 Å². The number of hydrogen-bond donors (Lipinski definition) is 1. The maximum absolute atomic E-state index is 13.9. The Morgan fingerprint density at radius 2 is 1.63 bits per heavy atom. The van der Waals surface area contributed by atoms with E-state index in [9.17, 15) is 30.7 Å². The molecule has 0 unspecified atom stereocenters. The Kier molecular flexibility index (Phi) is 7.49. The number of hydrazone groups is 1. The Morgan fingerprint density at radius 3 is 2.23 bits per heavy atom. The van der Waals surface area contributed by atoms with Crippen LogP contribution in [0.5, 0.6) is 11.5 Å². The van der Waals surface area contributed by atoms with Crippen molar-refractivity contribution in [1.29, 1.82) is 5.26 Å².